The molecule has 0 aliphatic heterocycles. The molecule has 94 valence electrons. The Labute approximate surface area is 103 Å². The Morgan fingerprint density at radius 2 is 2.24 bits per heavy atom. The lowest BCUT2D eigenvalue weighted by molar-refractivity contribution is 0.479. The summed E-state index contributed by atoms with van der Waals surface area (Å²) in [5.41, 5.74) is 2.49. The van der Waals surface area contributed by atoms with Crippen LogP contribution in [-0.2, 0) is 6.42 Å². The number of fused-ring (bicyclic) bond motifs is 1. The van der Waals surface area contributed by atoms with Crippen molar-refractivity contribution in [3.63, 3.8) is 0 Å². The van der Waals surface area contributed by atoms with Gasteiger partial charge in [0.25, 0.3) is 0 Å². The molecule has 0 spiro atoms. The molecule has 2 rings (SSSR count). The molecule has 1 aliphatic carbocycles. The molecule has 0 amide bonds. The molecule has 1 N–H and O–H groups in total. The van der Waals surface area contributed by atoms with E-state index in [1.165, 1.54) is 24.0 Å². The largest absolute Gasteiger partial charge is 0.310 e. The van der Waals surface area contributed by atoms with E-state index in [2.05, 4.69) is 19.2 Å². The highest BCUT2D eigenvalue weighted by atomic mass is 19.1. The van der Waals surface area contributed by atoms with Gasteiger partial charge in [-0.2, -0.15) is 0 Å². The van der Waals surface area contributed by atoms with Gasteiger partial charge >= 0.3 is 0 Å². The van der Waals surface area contributed by atoms with Crippen LogP contribution >= 0.6 is 0 Å². The average Bonchev–Trinajstić information content (AvgIpc) is 2.66. The third-order valence-electron chi connectivity index (χ3n) is 3.53. The normalized spacial score (nSPS) is 18.7. The second kappa shape index (κ2) is 5.63. The van der Waals surface area contributed by atoms with E-state index in [0.29, 0.717) is 6.04 Å². The van der Waals surface area contributed by atoms with E-state index in [9.17, 15) is 4.39 Å². The number of benzene rings is 1. The van der Waals surface area contributed by atoms with Crippen molar-refractivity contribution in [1.82, 2.24) is 5.32 Å². The lowest BCUT2D eigenvalue weighted by Crippen LogP contribution is -2.20. The Morgan fingerprint density at radius 1 is 1.41 bits per heavy atom. The SMILES string of the molecule is CC(C)CCCNC1CCc2cc(F)ccc21. The second-order valence-corrected chi connectivity index (χ2v) is 5.42. The molecule has 0 fully saturated rings. The van der Waals surface area contributed by atoms with Crippen LogP contribution in [0.25, 0.3) is 0 Å². The van der Waals surface area contributed by atoms with Crippen LogP contribution in [0.1, 0.15) is 50.3 Å². The molecular formula is C15H22FN. The van der Waals surface area contributed by atoms with Gasteiger partial charge in [-0.3, -0.25) is 0 Å². The maximum atomic E-state index is 13.1. The van der Waals surface area contributed by atoms with Crippen LogP contribution in [0.3, 0.4) is 0 Å². The highest BCUT2D eigenvalue weighted by molar-refractivity contribution is 5.34. The van der Waals surface area contributed by atoms with E-state index in [4.69, 9.17) is 0 Å². The minimum absolute atomic E-state index is 0.107. The van der Waals surface area contributed by atoms with Crippen molar-refractivity contribution < 1.29 is 4.39 Å². The van der Waals surface area contributed by atoms with Crippen LogP contribution < -0.4 is 5.32 Å². The summed E-state index contributed by atoms with van der Waals surface area (Å²) < 4.78 is 13.1. The van der Waals surface area contributed by atoms with Gasteiger partial charge in [0.1, 0.15) is 5.82 Å². The Bertz CT molecular complexity index is 373. The molecule has 0 heterocycles. The van der Waals surface area contributed by atoms with Crippen molar-refractivity contribution >= 4 is 0 Å². The Morgan fingerprint density at radius 3 is 3.00 bits per heavy atom. The molecule has 2 heteroatoms. The van der Waals surface area contributed by atoms with Crippen molar-refractivity contribution in [3.05, 3.63) is 35.1 Å². The Hall–Kier alpha value is -0.890. The van der Waals surface area contributed by atoms with Crippen molar-refractivity contribution in [1.29, 1.82) is 0 Å². The zero-order valence-corrected chi connectivity index (χ0v) is 10.8. The molecule has 0 radical (unpaired) electrons. The molecular weight excluding hydrogens is 213 g/mol. The maximum absolute atomic E-state index is 13.1. The molecule has 1 aliphatic rings. The third-order valence-corrected chi connectivity index (χ3v) is 3.53. The zero-order valence-electron chi connectivity index (χ0n) is 10.8. The summed E-state index contributed by atoms with van der Waals surface area (Å²) in [5.74, 6) is 0.672. The van der Waals surface area contributed by atoms with E-state index < -0.39 is 0 Å². The lowest BCUT2D eigenvalue weighted by Gasteiger charge is -2.14. The number of rotatable bonds is 5. The maximum Gasteiger partial charge on any atom is 0.123 e. The first-order chi connectivity index (χ1) is 8.16. The number of hydrogen-bond acceptors (Lipinski definition) is 1. The summed E-state index contributed by atoms with van der Waals surface area (Å²) in [6, 6.07) is 5.65. The predicted octanol–water partition coefficient (Wildman–Crippen LogP) is 3.84. The predicted molar refractivity (Wildman–Crippen MR) is 69.5 cm³/mol. The first-order valence-corrected chi connectivity index (χ1v) is 6.68. The molecule has 1 unspecified atom stereocenters. The van der Waals surface area contributed by atoms with Crippen LogP contribution in [0, 0.1) is 11.7 Å². The summed E-state index contributed by atoms with van der Waals surface area (Å²) in [6.45, 7) is 5.58. The zero-order chi connectivity index (χ0) is 12.3. The molecule has 0 bridgehead atoms. The Kier molecular flexibility index (Phi) is 4.16. The van der Waals surface area contributed by atoms with Crippen LogP contribution in [0.2, 0.25) is 0 Å². The van der Waals surface area contributed by atoms with Gasteiger partial charge in [-0.1, -0.05) is 19.9 Å². The molecule has 17 heavy (non-hydrogen) atoms. The van der Waals surface area contributed by atoms with E-state index >= 15 is 0 Å². The Balaban J connectivity index is 1.85. The van der Waals surface area contributed by atoms with Crippen LogP contribution in [0.5, 0.6) is 0 Å². The molecule has 0 aromatic heterocycles. The summed E-state index contributed by atoms with van der Waals surface area (Å²) in [7, 11) is 0. The van der Waals surface area contributed by atoms with E-state index in [1.54, 1.807) is 12.1 Å². The van der Waals surface area contributed by atoms with E-state index in [0.717, 1.165) is 25.3 Å². The van der Waals surface area contributed by atoms with Crippen LogP contribution in [0.4, 0.5) is 4.39 Å². The smallest absolute Gasteiger partial charge is 0.123 e. The van der Waals surface area contributed by atoms with Gasteiger partial charge in [-0.05, 0) is 61.4 Å². The van der Waals surface area contributed by atoms with Crippen molar-refractivity contribution in [2.75, 3.05) is 6.54 Å². The van der Waals surface area contributed by atoms with Crippen LogP contribution in [0.15, 0.2) is 18.2 Å². The fourth-order valence-corrected chi connectivity index (χ4v) is 2.58. The summed E-state index contributed by atoms with van der Waals surface area (Å²) in [5, 5.41) is 3.59. The third kappa shape index (κ3) is 3.29. The number of halogens is 1. The summed E-state index contributed by atoms with van der Waals surface area (Å²) >= 11 is 0. The molecule has 0 saturated heterocycles. The quantitative estimate of drug-likeness (QED) is 0.765. The van der Waals surface area contributed by atoms with Gasteiger partial charge in [-0.25, -0.2) is 4.39 Å². The summed E-state index contributed by atoms with van der Waals surface area (Å²) in [4.78, 5) is 0. The number of aryl methyl sites for hydroxylation is 1. The number of nitrogens with one attached hydrogen (secondary N) is 1. The molecule has 1 aromatic rings. The first kappa shape index (κ1) is 12.6. The van der Waals surface area contributed by atoms with E-state index in [1.807, 2.05) is 6.07 Å². The van der Waals surface area contributed by atoms with Gasteiger partial charge in [0.2, 0.25) is 0 Å². The van der Waals surface area contributed by atoms with E-state index in [-0.39, 0.29) is 5.82 Å². The highest BCUT2D eigenvalue weighted by Crippen LogP contribution is 2.31. The van der Waals surface area contributed by atoms with Crippen molar-refractivity contribution in [3.8, 4) is 0 Å². The molecule has 0 saturated carbocycles. The molecule has 1 nitrogen and oxygen atoms in total. The highest BCUT2D eigenvalue weighted by Gasteiger charge is 2.21. The fraction of sp³-hybridized carbons (Fsp3) is 0.600. The monoisotopic (exact) mass is 235 g/mol. The van der Waals surface area contributed by atoms with Gasteiger partial charge in [0.15, 0.2) is 0 Å². The minimum Gasteiger partial charge on any atom is -0.310 e. The second-order valence-electron chi connectivity index (χ2n) is 5.42. The van der Waals surface area contributed by atoms with Gasteiger partial charge in [0, 0.05) is 6.04 Å². The average molecular weight is 235 g/mol. The standard InChI is InChI=1S/C15H22FN/c1-11(2)4-3-9-17-15-8-5-12-10-13(16)6-7-14(12)15/h6-7,10-11,15,17H,3-5,8-9H2,1-2H3. The molecule has 1 aromatic carbocycles. The summed E-state index contributed by atoms with van der Waals surface area (Å²) in [6.07, 6.45) is 4.62. The van der Waals surface area contributed by atoms with Crippen molar-refractivity contribution in [2.45, 2.75) is 45.6 Å². The van der Waals surface area contributed by atoms with Crippen molar-refractivity contribution in [2.24, 2.45) is 5.92 Å². The lowest BCUT2D eigenvalue weighted by atomic mass is 10.1. The van der Waals surface area contributed by atoms with Gasteiger partial charge < -0.3 is 5.32 Å². The van der Waals surface area contributed by atoms with Gasteiger partial charge in [0.05, 0.1) is 0 Å². The number of hydrogen-bond donors (Lipinski definition) is 1. The van der Waals surface area contributed by atoms with Crippen LogP contribution in [-0.4, -0.2) is 6.54 Å². The fourth-order valence-electron chi connectivity index (χ4n) is 2.58. The van der Waals surface area contributed by atoms with Gasteiger partial charge in [-0.15, -0.1) is 0 Å². The topological polar surface area (TPSA) is 12.0 Å². The minimum atomic E-state index is -0.107. The first-order valence-electron chi connectivity index (χ1n) is 6.68. The molecule has 1 atom stereocenters.